The molecule has 0 unspecified atom stereocenters. The monoisotopic (exact) mass is 382 g/mol. The summed E-state index contributed by atoms with van der Waals surface area (Å²) in [5.74, 6) is 1.69. The van der Waals surface area contributed by atoms with Gasteiger partial charge in [-0.3, -0.25) is 4.98 Å². The highest BCUT2D eigenvalue weighted by molar-refractivity contribution is 14.1. The number of nitrogens with one attached hydrogen (secondary N) is 1. The normalized spacial score (nSPS) is 11.4. The van der Waals surface area contributed by atoms with E-state index in [1.807, 2.05) is 36.5 Å². The Balaban J connectivity index is 2.15. The van der Waals surface area contributed by atoms with E-state index in [1.165, 1.54) is 0 Å². The van der Waals surface area contributed by atoms with Crippen LogP contribution in [-0.2, 0) is 6.54 Å². The van der Waals surface area contributed by atoms with Gasteiger partial charge in [-0.15, -0.1) is 0 Å². The van der Waals surface area contributed by atoms with E-state index in [0.29, 0.717) is 0 Å². The zero-order valence-electron chi connectivity index (χ0n) is 12.0. The Bertz CT molecular complexity index is 579. The molecule has 0 bridgehead atoms. The van der Waals surface area contributed by atoms with Crippen LogP contribution in [0.4, 0.5) is 0 Å². The van der Waals surface area contributed by atoms with Gasteiger partial charge in [-0.1, -0.05) is 6.07 Å². The van der Waals surface area contributed by atoms with Crippen molar-refractivity contribution in [1.29, 1.82) is 0 Å². The maximum Gasteiger partial charge on any atom is 0.134 e. The van der Waals surface area contributed by atoms with E-state index >= 15 is 0 Å². The minimum Gasteiger partial charge on any atom is -0.457 e. The molecule has 0 amide bonds. The highest BCUT2D eigenvalue weighted by Gasteiger charge is 2.11. The van der Waals surface area contributed by atoms with Crippen LogP contribution >= 0.6 is 22.6 Å². The number of halogens is 1. The average Bonchev–Trinajstić information content (AvgIpc) is 2.37. The molecular weight excluding hydrogens is 363 g/mol. The van der Waals surface area contributed by atoms with E-state index in [9.17, 15) is 0 Å². The van der Waals surface area contributed by atoms with Crippen LogP contribution < -0.4 is 10.1 Å². The summed E-state index contributed by atoms with van der Waals surface area (Å²) in [4.78, 5) is 4.18. The van der Waals surface area contributed by atoms with E-state index in [2.05, 4.69) is 53.7 Å². The first-order valence-corrected chi connectivity index (χ1v) is 7.63. The molecule has 106 valence electrons. The van der Waals surface area contributed by atoms with Gasteiger partial charge in [-0.05, 0) is 67.6 Å². The van der Waals surface area contributed by atoms with Crippen molar-refractivity contribution in [2.45, 2.75) is 32.9 Å². The Labute approximate surface area is 133 Å². The third kappa shape index (κ3) is 4.76. The van der Waals surface area contributed by atoms with Gasteiger partial charge in [0.1, 0.15) is 11.5 Å². The molecule has 3 nitrogen and oxygen atoms in total. The number of hydrogen-bond donors (Lipinski definition) is 1. The van der Waals surface area contributed by atoms with Crippen molar-refractivity contribution in [2.24, 2.45) is 0 Å². The van der Waals surface area contributed by atoms with Crippen LogP contribution in [0.1, 0.15) is 26.3 Å². The topological polar surface area (TPSA) is 34.2 Å². The van der Waals surface area contributed by atoms with Crippen molar-refractivity contribution in [2.75, 3.05) is 0 Å². The van der Waals surface area contributed by atoms with E-state index in [0.717, 1.165) is 27.2 Å². The molecule has 0 aliphatic heterocycles. The van der Waals surface area contributed by atoms with E-state index in [-0.39, 0.29) is 5.54 Å². The molecule has 1 N–H and O–H groups in total. The zero-order chi connectivity index (χ0) is 14.6. The molecular formula is C16H19IN2O. The summed E-state index contributed by atoms with van der Waals surface area (Å²) in [6.45, 7) is 7.16. The van der Waals surface area contributed by atoms with Crippen LogP contribution in [0.3, 0.4) is 0 Å². The number of rotatable bonds is 4. The molecule has 2 rings (SSSR count). The SMILES string of the molecule is CC(C)(C)NCc1cnccc1Oc1cccc(I)c1. The Morgan fingerprint density at radius 1 is 1.25 bits per heavy atom. The highest BCUT2D eigenvalue weighted by Crippen LogP contribution is 2.26. The second-order valence-corrected chi connectivity index (χ2v) is 6.89. The molecule has 0 fully saturated rings. The lowest BCUT2D eigenvalue weighted by atomic mass is 10.1. The van der Waals surface area contributed by atoms with Gasteiger partial charge >= 0.3 is 0 Å². The molecule has 2 aromatic rings. The lowest BCUT2D eigenvalue weighted by molar-refractivity contribution is 0.413. The summed E-state index contributed by atoms with van der Waals surface area (Å²) in [5, 5.41) is 3.45. The number of nitrogens with zero attached hydrogens (tertiary/aromatic N) is 1. The quantitative estimate of drug-likeness (QED) is 0.798. The van der Waals surface area contributed by atoms with Gasteiger partial charge in [0.2, 0.25) is 0 Å². The Kier molecular flexibility index (Phi) is 4.99. The van der Waals surface area contributed by atoms with E-state index < -0.39 is 0 Å². The maximum absolute atomic E-state index is 5.97. The predicted octanol–water partition coefficient (Wildman–Crippen LogP) is 4.37. The molecule has 1 aromatic heterocycles. The molecule has 0 atom stereocenters. The second kappa shape index (κ2) is 6.54. The smallest absolute Gasteiger partial charge is 0.134 e. The van der Waals surface area contributed by atoms with Gasteiger partial charge in [0.25, 0.3) is 0 Å². The number of pyridine rings is 1. The number of aromatic nitrogens is 1. The van der Waals surface area contributed by atoms with Crippen LogP contribution in [0.5, 0.6) is 11.5 Å². The second-order valence-electron chi connectivity index (χ2n) is 5.65. The fourth-order valence-electron chi connectivity index (χ4n) is 1.66. The third-order valence-electron chi connectivity index (χ3n) is 2.69. The number of hydrogen-bond acceptors (Lipinski definition) is 3. The van der Waals surface area contributed by atoms with Crippen molar-refractivity contribution < 1.29 is 4.74 Å². The number of benzene rings is 1. The standard InChI is InChI=1S/C16H19IN2O/c1-16(2,3)19-11-12-10-18-8-7-15(12)20-14-6-4-5-13(17)9-14/h4-10,19H,11H2,1-3H3. The summed E-state index contributed by atoms with van der Waals surface area (Å²) in [6.07, 6.45) is 3.60. The van der Waals surface area contributed by atoms with Crippen LogP contribution in [0.15, 0.2) is 42.7 Å². The summed E-state index contributed by atoms with van der Waals surface area (Å²) < 4.78 is 7.13. The third-order valence-corrected chi connectivity index (χ3v) is 3.36. The van der Waals surface area contributed by atoms with Gasteiger partial charge < -0.3 is 10.1 Å². The molecule has 0 spiro atoms. The highest BCUT2D eigenvalue weighted by atomic mass is 127. The molecule has 0 radical (unpaired) electrons. The largest absolute Gasteiger partial charge is 0.457 e. The Hall–Kier alpha value is -1.14. The van der Waals surface area contributed by atoms with Crippen molar-refractivity contribution in [3.8, 4) is 11.5 Å². The van der Waals surface area contributed by atoms with E-state index in [4.69, 9.17) is 4.74 Å². The fraction of sp³-hybridized carbons (Fsp3) is 0.312. The number of ether oxygens (including phenoxy) is 1. The van der Waals surface area contributed by atoms with Gasteiger partial charge in [-0.25, -0.2) is 0 Å². The van der Waals surface area contributed by atoms with Crippen molar-refractivity contribution >= 4 is 22.6 Å². The van der Waals surface area contributed by atoms with Crippen LogP contribution in [0.2, 0.25) is 0 Å². The lowest BCUT2D eigenvalue weighted by Crippen LogP contribution is -2.35. The first-order chi connectivity index (χ1) is 9.44. The van der Waals surface area contributed by atoms with Crippen LogP contribution in [-0.4, -0.2) is 10.5 Å². The van der Waals surface area contributed by atoms with E-state index in [1.54, 1.807) is 6.20 Å². The molecule has 20 heavy (non-hydrogen) atoms. The van der Waals surface area contributed by atoms with Gasteiger partial charge in [0.15, 0.2) is 0 Å². The minimum absolute atomic E-state index is 0.0647. The molecule has 0 saturated heterocycles. The van der Waals surface area contributed by atoms with Crippen LogP contribution in [0.25, 0.3) is 0 Å². The molecule has 0 aliphatic rings. The maximum atomic E-state index is 5.97. The van der Waals surface area contributed by atoms with Gasteiger partial charge in [0.05, 0.1) is 0 Å². The fourth-order valence-corrected chi connectivity index (χ4v) is 2.18. The average molecular weight is 382 g/mol. The molecule has 0 saturated carbocycles. The van der Waals surface area contributed by atoms with Crippen molar-refractivity contribution in [3.63, 3.8) is 0 Å². The molecule has 1 heterocycles. The van der Waals surface area contributed by atoms with Crippen LogP contribution in [0, 0.1) is 3.57 Å². The van der Waals surface area contributed by atoms with Gasteiger partial charge in [-0.2, -0.15) is 0 Å². The van der Waals surface area contributed by atoms with Crippen molar-refractivity contribution in [1.82, 2.24) is 10.3 Å². The molecule has 1 aromatic carbocycles. The predicted molar refractivity (Wildman–Crippen MR) is 90.1 cm³/mol. The zero-order valence-corrected chi connectivity index (χ0v) is 14.1. The Morgan fingerprint density at radius 3 is 2.75 bits per heavy atom. The molecule has 4 heteroatoms. The minimum atomic E-state index is 0.0647. The lowest BCUT2D eigenvalue weighted by Gasteiger charge is -2.21. The summed E-state index contributed by atoms with van der Waals surface area (Å²) in [5.41, 5.74) is 1.12. The summed E-state index contributed by atoms with van der Waals surface area (Å²) in [7, 11) is 0. The van der Waals surface area contributed by atoms with Crippen molar-refractivity contribution in [3.05, 3.63) is 51.9 Å². The summed E-state index contributed by atoms with van der Waals surface area (Å²) >= 11 is 2.28. The first kappa shape index (κ1) is 15.3. The Morgan fingerprint density at radius 2 is 2.05 bits per heavy atom. The first-order valence-electron chi connectivity index (χ1n) is 6.55. The molecule has 0 aliphatic carbocycles. The van der Waals surface area contributed by atoms with Gasteiger partial charge in [0, 0.05) is 33.6 Å². The summed E-state index contributed by atoms with van der Waals surface area (Å²) in [6, 6.07) is 9.92.